The van der Waals surface area contributed by atoms with Crippen molar-refractivity contribution in [1.82, 2.24) is 5.32 Å². The van der Waals surface area contributed by atoms with Crippen molar-refractivity contribution in [3.8, 4) is 0 Å². The largest absolute Gasteiger partial charge is 0.360 e. The van der Waals surface area contributed by atoms with Crippen molar-refractivity contribution in [1.29, 1.82) is 0 Å². The molecule has 0 unspecified atom stereocenters. The molecule has 3 nitrogen and oxygen atoms in total. The molecule has 2 aliphatic rings. The number of benzene rings is 2. The summed E-state index contributed by atoms with van der Waals surface area (Å²) in [4.78, 5) is 15.2. The van der Waals surface area contributed by atoms with Gasteiger partial charge in [-0.2, -0.15) is 0 Å². The fraction of sp³-hybridized carbons (Fsp3) is 0.292. The van der Waals surface area contributed by atoms with Gasteiger partial charge in [-0.25, -0.2) is 0 Å². The molecule has 2 heterocycles. The van der Waals surface area contributed by atoms with Crippen LogP contribution in [0.15, 0.2) is 65.0 Å². The first-order valence-corrected chi connectivity index (χ1v) is 11.9. The molecule has 0 spiro atoms. The summed E-state index contributed by atoms with van der Waals surface area (Å²) < 4.78 is 1.21. The number of ketones is 1. The number of rotatable bonds is 5. The molecule has 3 aromatic rings. The quantitative estimate of drug-likeness (QED) is 0.467. The van der Waals surface area contributed by atoms with Gasteiger partial charge < -0.3 is 10.6 Å². The molecule has 1 aromatic heterocycles. The van der Waals surface area contributed by atoms with Crippen LogP contribution >= 0.6 is 23.1 Å². The average Bonchev–Trinajstić information content (AvgIpc) is 3.22. The molecule has 0 atom stereocenters. The van der Waals surface area contributed by atoms with E-state index >= 15 is 0 Å². The maximum Gasteiger partial charge on any atom is 0.175 e. The van der Waals surface area contributed by atoms with Crippen molar-refractivity contribution in [3.63, 3.8) is 0 Å². The Morgan fingerprint density at radius 2 is 1.93 bits per heavy atom. The summed E-state index contributed by atoms with van der Waals surface area (Å²) in [7, 11) is 0. The van der Waals surface area contributed by atoms with E-state index in [-0.39, 0.29) is 5.92 Å². The van der Waals surface area contributed by atoms with Crippen molar-refractivity contribution in [2.24, 2.45) is 5.92 Å². The molecule has 1 fully saturated rings. The molecule has 148 valence electrons. The van der Waals surface area contributed by atoms with Gasteiger partial charge in [-0.1, -0.05) is 36.0 Å². The number of hydrogen-bond donors (Lipinski definition) is 2. The lowest BCUT2D eigenvalue weighted by molar-refractivity contribution is 0.0883. The smallest absolute Gasteiger partial charge is 0.175 e. The average molecular weight is 421 g/mol. The molecule has 0 amide bonds. The fourth-order valence-electron chi connectivity index (χ4n) is 4.26. The molecular formula is C24H24N2OS2. The van der Waals surface area contributed by atoms with Crippen LogP contribution in [0.5, 0.6) is 0 Å². The highest BCUT2D eigenvalue weighted by molar-refractivity contribution is 8.02. The SMILES string of the molecule is O=C(c1cc2ccccc2s1)C1CCC(NCc2ccc3c(c2)NC=CS3)CC1. The number of Topliss-reactive ketones (excluding diaryl/α,β-unsaturated/α-hetero) is 1. The third-order valence-electron chi connectivity index (χ3n) is 5.91. The molecule has 1 aliphatic carbocycles. The molecule has 0 saturated heterocycles. The zero-order valence-corrected chi connectivity index (χ0v) is 17.8. The van der Waals surface area contributed by atoms with Gasteiger partial charge in [0.25, 0.3) is 0 Å². The highest BCUT2D eigenvalue weighted by Gasteiger charge is 2.27. The van der Waals surface area contributed by atoms with Crippen LogP contribution in [0.25, 0.3) is 10.1 Å². The number of thiophene rings is 1. The molecule has 1 saturated carbocycles. The van der Waals surface area contributed by atoms with Gasteiger partial charge in [0.15, 0.2) is 5.78 Å². The fourth-order valence-corrected chi connectivity index (χ4v) is 6.02. The molecule has 5 rings (SSSR count). The Bertz CT molecular complexity index is 1030. The van der Waals surface area contributed by atoms with E-state index in [9.17, 15) is 4.79 Å². The topological polar surface area (TPSA) is 41.1 Å². The van der Waals surface area contributed by atoms with Crippen LogP contribution in [0, 0.1) is 5.92 Å². The van der Waals surface area contributed by atoms with E-state index in [1.54, 1.807) is 23.1 Å². The van der Waals surface area contributed by atoms with Crippen LogP contribution in [0.3, 0.4) is 0 Å². The number of anilines is 1. The van der Waals surface area contributed by atoms with Crippen LogP contribution in [-0.4, -0.2) is 11.8 Å². The molecule has 0 bridgehead atoms. The maximum absolute atomic E-state index is 13.0. The minimum Gasteiger partial charge on any atom is -0.360 e. The summed E-state index contributed by atoms with van der Waals surface area (Å²) in [5, 5.41) is 10.3. The van der Waals surface area contributed by atoms with Crippen LogP contribution in [0.4, 0.5) is 5.69 Å². The second-order valence-electron chi connectivity index (χ2n) is 7.84. The molecule has 1 aliphatic heterocycles. The van der Waals surface area contributed by atoms with E-state index in [1.807, 2.05) is 18.3 Å². The first kappa shape index (κ1) is 18.9. The summed E-state index contributed by atoms with van der Waals surface area (Å²) >= 11 is 3.39. The standard InChI is InChI=1S/C24H24N2OS2/c27-24(23-14-18-3-1-2-4-21(18)29-23)17-6-8-19(9-7-17)26-15-16-5-10-22-20(13-16)25-11-12-28-22/h1-5,10-14,17,19,25-26H,6-9,15H2. The number of fused-ring (bicyclic) bond motifs is 2. The first-order chi connectivity index (χ1) is 14.3. The molecule has 2 aromatic carbocycles. The number of carbonyl (C=O) groups excluding carboxylic acids is 1. The summed E-state index contributed by atoms with van der Waals surface area (Å²) in [6, 6.07) is 17.5. The van der Waals surface area contributed by atoms with E-state index in [0.29, 0.717) is 11.8 Å². The van der Waals surface area contributed by atoms with Gasteiger partial charge in [0.2, 0.25) is 0 Å². The van der Waals surface area contributed by atoms with E-state index in [4.69, 9.17) is 0 Å². The Kier molecular flexibility index (Phi) is 5.44. The van der Waals surface area contributed by atoms with Crippen LogP contribution in [0.2, 0.25) is 0 Å². The van der Waals surface area contributed by atoms with Crippen molar-refractivity contribution in [2.45, 2.75) is 43.2 Å². The number of nitrogens with one attached hydrogen (secondary N) is 2. The van der Waals surface area contributed by atoms with Gasteiger partial charge in [0.1, 0.15) is 0 Å². The van der Waals surface area contributed by atoms with E-state index < -0.39 is 0 Å². The van der Waals surface area contributed by atoms with E-state index in [1.165, 1.54) is 26.2 Å². The zero-order valence-electron chi connectivity index (χ0n) is 16.2. The lowest BCUT2D eigenvalue weighted by Gasteiger charge is -2.28. The van der Waals surface area contributed by atoms with Gasteiger partial charge in [0.05, 0.1) is 10.6 Å². The second kappa shape index (κ2) is 8.34. The first-order valence-electron chi connectivity index (χ1n) is 10.2. The monoisotopic (exact) mass is 420 g/mol. The summed E-state index contributed by atoms with van der Waals surface area (Å²) in [5.74, 6) is 0.522. The minimum atomic E-state index is 0.179. The summed E-state index contributed by atoms with van der Waals surface area (Å²) in [5.41, 5.74) is 2.49. The van der Waals surface area contributed by atoms with Gasteiger partial charge >= 0.3 is 0 Å². The highest BCUT2D eigenvalue weighted by atomic mass is 32.2. The lowest BCUT2D eigenvalue weighted by atomic mass is 9.83. The molecule has 0 radical (unpaired) electrons. The Labute approximate surface area is 179 Å². The lowest BCUT2D eigenvalue weighted by Crippen LogP contribution is -2.34. The predicted molar refractivity (Wildman–Crippen MR) is 124 cm³/mol. The van der Waals surface area contributed by atoms with Crippen LogP contribution in [0.1, 0.15) is 40.9 Å². The van der Waals surface area contributed by atoms with Gasteiger partial charge in [-0.3, -0.25) is 4.79 Å². The van der Waals surface area contributed by atoms with Crippen LogP contribution < -0.4 is 10.6 Å². The Morgan fingerprint density at radius 1 is 1.07 bits per heavy atom. The Morgan fingerprint density at radius 3 is 2.79 bits per heavy atom. The highest BCUT2D eigenvalue weighted by Crippen LogP contribution is 2.34. The van der Waals surface area contributed by atoms with Gasteiger partial charge in [-0.15, -0.1) is 11.3 Å². The van der Waals surface area contributed by atoms with E-state index in [0.717, 1.165) is 37.1 Å². The third kappa shape index (κ3) is 4.13. The zero-order chi connectivity index (χ0) is 19.6. The van der Waals surface area contributed by atoms with Gasteiger partial charge in [0, 0.05) is 34.3 Å². The molecule has 2 N–H and O–H groups in total. The maximum atomic E-state index is 13.0. The van der Waals surface area contributed by atoms with E-state index in [2.05, 4.69) is 52.4 Å². The second-order valence-corrected chi connectivity index (χ2v) is 9.87. The van der Waals surface area contributed by atoms with Crippen molar-refractivity contribution in [2.75, 3.05) is 5.32 Å². The third-order valence-corrected chi connectivity index (χ3v) is 7.92. The minimum absolute atomic E-state index is 0.179. The van der Waals surface area contributed by atoms with Crippen LogP contribution in [-0.2, 0) is 6.54 Å². The Hall–Kier alpha value is -2.08. The van der Waals surface area contributed by atoms with Gasteiger partial charge in [-0.05, 0) is 66.3 Å². The number of hydrogen-bond acceptors (Lipinski definition) is 5. The van der Waals surface area contributed by atoms with Crippen molar-refractivity contribution in [3.05, 3.63) is 70.6 Å². The molecule has 29 heavy (non-hydrogen) atoms. The summed E-state index contributed by atoms with van der Waals surface area (Å²) in [6.45, 7) is 0.878. The summed E-state index contributed by atoms with van der Waals surface area (Å²) in [6.07, 6.45) is 6.10. The normalized spacial score (nSPS) is 21.0. The predicted octanol–water partition coefficient (Wildman–Crippen LogP) is 6.42. The van der Waals surface area contributed by atoms with Crippen molar-refractivity contribution < 1.29 is 4.79 Å². The number of thioether (sulfide) groups is 1. The number of carbonyl (C=O) groups is 1. The van der Waals surface area contributed by atoms with Crippen molar-refractivity contribution >= 4 is 44.7 Å². The Balaban J connectivity index is 1.15. The molecule has 5 heteroatoms. The molecular weight excluding hydrogens is 396 g/mol.